The molecule has 1 aliphatic heterocycles. The van der Waals surface area contributed by atoms with Gasteiger partial charge in [0, 0.05) is 24.4 Å². The van der Waals surface area contributed by atoms with Crippen molar-refractivity contribution in [1.82, 2.24) is 9.71 Å². The molecule has 2 atom stereocenters. The molecule has 14 heteroatoms. The monoisotopic (exact) mass is 617 g/mol. The van der Waals surface area contributed by atoms with E-state index in [-0.39, 0.29) is 57.7 Å². The SMILES string of the molecule is CCOC(=O)C1=C(COCCNS(=O)(=O)c2ccc(Cl)nc2)N=C(C)C(C(=O)OC)C1c1cccc(Cl)c1Cl. The fourth-order valence-corrected chi connectivity index (χ4v) is 5.54. The highest BCUT2D eigenvalue weighted by atomic mass is 35.5. The molecule has 2 aromatic rings. The van der Waals surface area contributed by atoms with Gasteiger partial charge in [0.2, 0.25) is 10.0 Å². The fourth-order valence-electron chi connectivity index (χ4n) is 4.04. The Morgan fingerprint density at radius 1 is 1.13 bits per heavy atom. The molecule has 10 nitrogen and oxygen atoms in total. The number of pyridine rings is 1. The summed E-state index contributed by atoms with van der Waals surface area (Å²) in [6.07, 6.45) is 1.14. The molecule has 2 unspecified atom stereocenters. The summed E-state index contributed by atoms with van der Waals surface area (Å²) in [5.41, 5.74) is 1.05. The van der Waals surface area contributed by atoms with Gasteiger partial charge < -0.3 is 14.2 Å². The van der Waals surface area contributed by atoms with Crippen LogP contribution in [0.3, 0.4) is 0 Å². The Morgan fingerprint density at radius 2 is 1.87 bits per heavy atom. The molecule has 3 rings (SSSR count). The number of methoxy groups -OCH3 is 1. The molecule has 1 aromatic heterocycles. The zero-order chi connectivity index (χ0) is 28.7. The molecule has 2 heterocycles. The standard InChI is InChI=1S/C25H26Cl3N3O7S/c1-4-38-25(33)22-18(13-37-11-10-30-39(34,35)15-8-9-19(27)29-12-15)31-14(2)20(24(32)36-3)21(22)16-6-5-7-17(26)23(16)28/h5-9,12,20-21,30H,4,10-11,13H2,1-3H3. The number of hydrogen-bond acceptors (Lipinski definition) is 9. The van der Waals surface area contributed by atoms with Crippen LogP contribution in [0.2, 0.25) is 15.2 Å². The Labute approximate surface area is 241 Å². The largest absolute Gasteiger partial charge is 0.468 e. The summed E-state index contributed by atoms with van der Waals surface area (Å²) in [6, 6.07) is 7.59. The van der Waals surface area contributed by atoms with E-state index < -0.39 is 33.8 Å². The smallest absolute Gasteiger partial charge is 0.336 e. The van der Waals surface area contributed by atoms with Gasteiger partial charge in [0.15, 0.2) is 0 Å². The van der Waals surface area contributed by atoms with Crippen LogP contribution < -0.4 is 4.72 Å². The summed E-state index contributed by atoms with van der Waals surface area (Å²) < 4.78 is 43.3. The number of halogens is 3. The first-order valence-electron chi connectivity index (χ1n) is 11.7. The molecule has 210 valence electrons. The Kier molecular flexibility index (Phi) is 10.9. The molecule has 0 radical (unpaired) electrons. The van der Waals surface area contributed by atoms with Crippen molar-refractivity contribution in [3.05, 3.63) is 68.6 Å². The lowest BCUT2D eigenvalue weighted by Gasteiger charge is -2.32. The number of aromatic nitrogens is 1. The molecule has 0 bridgehead atoms. The molecule has 0 spiro atoms. The summed E-state index contributed by atoms with van der Waals surface area (Å²) in [5, 5.41) is 0.571. The number of esters is 2. The third-order valence-corrected chi connectivity index (χ3v) is 8.27. The van der Waals surface area contributed by atoms with Crippen molar-refractivity contribution >= 4 is 62.5 Å². The minimum Gasteiger partial charge on any atom is -0.468 e. The van der Waals surface area contributed by atoms with Gasteiger partial charge in [0.1, 0.15) is 16.0 Å². The van der Waals surface area contributed by atoms with Crippen LogP contribution in [0.4, 0.5) is 0 Å². The number of nitrogens with one attached hydrogen (secondary N) is 1. The summed E-state index contributed by atoms with van der Waals surface area (Å²) in [4.78, 5) is 34.3. The first-order valence-corrected chi connectivity index (χ1v) is 14.3. The van der Waals surface area contributed by atoms with E-state index in [2.05, 4.69) is 14.7 Å². The maximum atomic E-state index is 13.2. The second-order valence-electron chi connectivity index (χ2n) is 8.22. The van der Waals surface area contributed by atoms with Gasteiger partial charge in [-0.05, 0) is 37.6 Å². The number of sulfonamides is 1. The molecule has 0 fully saturated rings. The highest BCUT2D eigenvalue weighted by molar-refractivity contribution is 7.89. The molecular formula is C25H26Cl3N3O7S. The number of carbonyl (C=O) groups excluding carboxylic acids is 2. The van der Waals surface area contributed by atoms with Crippen LogP contribution >= 0.6 is 34.8 Å². The van der Waals surface area contributed by atoms with E-state index in [4.69, 9.17) is 49.0 Å². The van der Waals surface area contributed by atoms with Gasteiger partial charge >= 0.3 is 11.9 Å². The average Bonchev–Trinajstić information content (AvgIpc) is 2.89. The molecular weight excluding hydrogens is 593 g/mol. The fraction of sp³-hybridized carbons (Fsp3) is 0.360. The molecule has 1 aliphatic rings. The van der Waals surface area contributed by atoms with Gasteiger partial charge in [-0.1, -0.05) is 46.9 Å². The molecule has 1 aromatic carbocycles. The van der Waals surface area contributed by atoms with E-state index in [1.165, 1.54) is 19.2 Å². The number of carbonyl (C=O) groups is 2. The van der Waals surface area contributed by atoms with Crippen LogP contribution in [0.1, 0.15) is 25.3 Å². The maximum absolute atomic E-state index is 13.2. The number of nitrogens with zero attached hydrogens (tertiary/aromatic N) is 2. The number of benzene rings is 1. The maximum Gasteiger partial charge on any atom is 0.336 e. The lowest BCUT2D eigenvalue weighted by molar-refractivity contribution is -0.144. The Hall–Kier alpha value is -2.54. The summed E-state index contributed by atoms with van der Waals surface area (Å²) in [5.74, 6) is -3.23. The zero-order valence-corrected chi connectivity index (χ0v) is 24.3. The Bertz CT molecular complexity index is 1400. The van der Waals surface area contributed by atoms with Crippen molar-refractivity contribution in [2.45, 2.75) is 24.7 Å². The van der Waals surface area contributed by atoms with Crippen molar-refractivity contribution in [1.29, 1.82) is 0 Å². The van der Waals surface area contributed by atoms with Crippen molar-refractivity contribution in [2.75, 3.05) is 33.5 Å². The van der Waals surface area contributed by atoms with Gasteiger partial charge in [0.25, 0.3) is 0 Å². The number of aliphatic imine (C=N–C) groups is 1. The molecule has 1 N–H and O–H groups in total. The second-order valence-corrected chi connectivity index (χ2v) is 11.2. The highest BCUT2D eigenvalue weighted by Gasteiger charge is 2.44. The average molecular weight is 619 g/mol. The topological polar surface area (TPSA) is 133 Å². The van der Waals surface area contributed by atoms with Crippen LogP contribution in [-0.2, 0) is 33.8 Å². The second kappa shape index (κ2) is 13.7. The van der Waals surface area contributed by atoms with Gasteiger partial charge in [0.05, 0.1) is 48.2 Å². The lowest BCUT2D eigenvalue weighted by Crippen LogP contribution is -2.37. The van der Waals surface area contributed by atoms with Gasteiger partial charge in [-0.15, -0.1) is 0 Å². The Balaban J connectivity index is 1.89. The summed E-state index contributed by atoms with van der Waals surface area (Å²) in [6.45, 7) is 3.02. The molecule has 0 aliphatic carbocycles. The quantitative estimate of drug-likeness (QED) is 0.225. The van der Waals surface area contributed by atoms with Crippen LogP contribution in [0, 0.1) is 5.92 Å². The van der Waals surface area contributed by atoms with Crippen LogP contribution in [0.5, 0.6) is 0 Å². The summed E-state index contributed by atoms with van der Waals surface area (Å²) in [7, 11) is -2.60. The van der Waals surface area contributed by atoms with Crippen molar-refractivity contribution in [3.8, 4) is 0 Å². The third-order valence-electron chi connectivity index (χ3n) is 5.77. The van der Waals surface area contributed by atoms with Crippen LogP contribution in [0.25, 0.3) is 0 Å². The minimum atomic E-state index is -3.84. The van der Waals surface area contributed by atoms with Gasteiger partial charge in [-0.3, -0.25) is 9.79 Å². The number of rotatable bonds is 11. The van der Waals surface area contributed by atoms with E-state index >= 15 is 0 Å². The number of hydrogen-bond donors (Lipinski definition) is 1. The van der Waals surface area contributed by atoms with Crippen LogP contribution in [-0.4, -0.2) is 64.5 Å². The predicted molar refractivity (Wildman–Crippen MR) is 147 cm³/mol. The normalized spacial score (nSPS) is 17.5. The van der Waals surface area contributed by atoms with Gasteiger partial charge in [-0.2, -0.15) is 0 Å². The lowest BCUT2D eigenvalue weighted by atomic mass is 9.75. The van der Waals surface area contributed by atoms with Crippen LogP contribution in [0.15, 0.2) is 57.7 Å². The van der Waals surface area contributed by atoms with E-state index in [9.17, 15) is 18.0 Å². The van der Waals surface area contributed by atoms with E-state index in [0.29, 0.717) is 11.3 Å². The van der Waals surface area contributed by atoms with Gasteiger partial charge in [-0.25, -0.2) is 22.9 Å². The third kappa shape index (κ3) is 7.36. The first kappa shape index (κ1) is 31.0. The predicted octanol–water partition coefficient (Wildman–Crippen LogP) is 4.20. The van der Waals surface area contributed by atoms with E-state index in [1.807, 2.05) is 0 Å². The van der Waals surface area contributed by atoms with Crippen molar-refractivity contribution < 1.29 is 32.2 Å². The summed E-state index contributed by atoms with van der Waals surface area (Å²) >= 11 is 18.5. The zero-order valence-electron chi connectivity index (χ0n) is 21.2. The first-order chi connectivity index (χ1) is 18.5. The van der Waals surface area contributed by atoms with E-state index in [0.717, 1.165) is 6.20 Å². The molecule has 0 saturated heterocycles. The minimum absolute atomic E-state index is 0.0539. The molecule has 0 saturated carbocycles. The molecule has 39 heavy (non-hydrogen) atoms. The highest BCUT2D eigenvalue weighted by Crippen LogP contribution is 2.44. The van der Waals surface area contributed by atoms with Crippen molar-refractivity contribution in [3.63, 3.8) is 0 Å². The van der Waals surface area contributed by atoms with E-state index in [1.54, 1.807) is 32.0 Å². The molecule has 0 amide bonds. The van der Waals surface area contributed by atoms with Crippen molar-refractivity contribution in [2.24, 2.45) is 10.9 Å². The Morgan fingerprint density at radius 3 is 2.51 bits per heavy atom. The number of ether oxygens (including phenoxy) is 3.